The van der Waals surface area contributed by atoms with Gasteiger partial charge in [-0.05, 0) is 12.1 Å². The molecule has 22 heavy (non-hydrogen) atoms. The predicted molar refractivity (Wildman–Crippen MR) is 84.3 cm³/mol. The first-order chi connectivity index (χ1) is 10.5. The van der Waals surface area contributed by atoms with Crippen molar-refractivity contribution >= 4 is 21.9 Å². The standard InChI is InChI=1S/C13H21N5O3S/c1-14-13(19)16-6-11-22(20,21)18-9-7-17(8-10-18)12-4-2-3-5-15-12/h2-5H,6-11H2,1H3,(H2,14,16,19). The number of carbonyl (C=O) groups is 1. The van der Waals surface area contributed by atoms with Crippen LogP contribution in [0.25, 0.3) is 0 Å². The minimum atomic E-state index is -3.35. The smallest absolute Gasteiger partial charge is 0.314 e. The number of carbonyl (C=O) groups excluding carboxylic acids is 1. The molecular formula is C13H21N5O3S. The number of piperazine rings is 1. The van der Waals surface area contributed by atoms with Crippen molar-refractivity contribution in [1.82, 2.24) is 19.9 Å². The first-order valence-electron chi connectivity index (χ1n) is 7.12. The molecule has 0 saturated carbocycles. The fourth-order valence-electron chi connectivity index (χ4n) is 2.25. The lowest BCUT2D eigenvalue weighted by Crippen LogP contribution is -2.50. The zero-order chi connectivity index (χ0) is 16.0. The van der Waals surface area contributed by atoms with Gasteiger partial charge in [0, 0.05) is 46.0 Å². The van der Waals surface area contributed by atoms with E-state index in [1.165, 1.54) is 11.4 Å². The van der Waals surface area contributed by atoms with Crippen LogP contribution in [0.3, 0.4) is 0 Å². The van der Waals surface area contributed by atoms with E-state index in [2.05, 4.69) is 20.5 Å². The Kier molecular flexibility index (Phi) is 5.56. The number of hydrogen-bond donors (Lipinski definition) is 2. The van der Waals surface area contributed by atoms with Gasteiger partial charge in [0.25, 0.3) is 0 Å². The highest BCUT2D eigenvalue weighted by atomic mass is 32.2. The van der Waals surface area contributed by atoms with Gasteiger partial charge < -0.3 is 15.5 Å². The normalized spacial score (nSPS) is 16.3. The second kappa shape index (κ2) is 7.41. The molecule has 2 rings (SSSR count). The van der Waals surface area contributed by atoms with Crippen LogP contribution in [0.1, 0.15) is 0 Å². The van der Waals surface area contributed by atoms with Crippen LogP contribution in [0.4, 0.5) is 10.6 Å². The monoisotopic (exact) mass is 327 g/mol. The van der Waals surface area contributed by atoms with Crippen LogP contribution in [0, 0.1) is 0 Å². The summed E-state index contributed by atoms with van der Waals surface area (Å²) in [6.07, 6.45) is 1.73. The number of urea groups is 1. The van der Waals surface area contributed by atoms with E-state index in [1.54, 1.807) is 6.20 Å². The highest BCUT2D eigenvalue weighted by Gasteiger charge is 2.27. The minimum Gasteiger partial charge on any atom is -0.354 e. The first-order valence-corrected chi connectivity index (χ1v) is 8.73. The van der Waals surface area contributed by atoms with E-state index in [0.29, 0.717) is 26.2 Å². The van der Waals surface area contributed by atoms with Gasteiger partial charge in [-0.25, -0.2) is 18.2 Å². The van der Waals surface area contributed by atoms with Gasteiger partial charge in [0.1, 0.15) is 5.82 Å². The lowest BCUT2D eigenvalue weighted by Gasteiger charge is -2.34. The Morgan fingerprint density at radius 1 is 1.27 bits per heavy atom. The molecule has 1 aliphatic heterocycles. The van der Waals surface area contributed by atoms with E-state index in [9.17, 15) is 13.2 Å². The van der Waals surface area contributed by atoms with Crippen molar-refractivity contribution in [3.8, 4) is 0 Å². The van der Waals surface area contributed by atoms with Crippen molar-refractivity contribution < 1.29 is 13.2 Å². The van der Waals surface area contributed by atoms with Crippen LogP contribution in [-0.4, -0.2) is 69.3 Å². The summed E-state index contributed by atoms with van der Waals surface area (Å²) in [5.74, 6) is 0.769. The molecule has 0 unspecified atom stereocenters. The molecule has 2 N–H and O–H groups in total. The molecule has 9 heteroatoms. The summed E-state index contributed by atoms with van der Waals surface area (Å²) in [4.78, 5) is 17.4. The molecule has 0 radical (unpaired) electrons. The maximum atomic E-state index is 12.2. The van der Waals surface area contributed by atoms with Gasteiger partial charge in [-0.1, -0.05) is 6.07 Å². The Balaban J connectivity index is 1.84. The molecule has 8 nitrogen and oxygen atoms in total. The van der Waals surface area contributed by atoms with Crippen molar-refractivity contribution in [2.24, 2.45) is 0 Å². The molecule has 1 fully saturated rings. The molecule has 122 valence electrons. The fourth-order valence-corrected chi connectivity index (χ4v) is 3.59. The van der Waals surface area contributed by atoms with Gasteiger partial charge in [-0.15, -0.1) is 0 Å². The molecule has 0 aliphatic carbocycles. The number of anilines is 1. The molecule has 1 aromatic rings. The molecule has 1 saturated heterocycles. The molecule has 0 aromatic carbocycles. The minimum absolute atomic E-state index is 0.0932. The van der Waals surface area contributed by atoms with Crippen LogP contribution in [0.5, 0.6) is 0 Å². The summed E-state index contributed by atoms with van der Waals surface area (Å²) in [7, 11) is -1.86. The van der Waals surface area contributed by atoms with Crippen LogP contribution in [0.15, 0.2) is 24.4 Å². The van der Waals surface area contributed by atoms with E-state index in [0.717, 1.165) is 5.82 Å². The van der Waals surface area contributed by atoms with E-state index in [1.807, 2.05) is 18.2 Å². The highest BCUT2D eigenvalue weighted by Crippen LogP contribution is 2.14. The summed E-state index contributed by atoms with van der Waals surface area (Å²) >= 11 is 0. The van der Waals surface area contributed by atoms with Crippen molar-refractivity contribution in [2.75, 3.05) is 50.4 Å². The molecule has 1 aliphatic rings. The lowest BCUT2D eigenvalue weighted by molar-refractivity contribution is 0.243. The number of amides is 2. The quantitative estimate of drug-likeness (QED) is 0.758. The number of nitrogens with one attached hydrogen (secondary N) is 2. The highest BCUT2D eigenvalue weighted by molar-refractivity contribution is 7.89. The van der Waals surface area contributed by atoms with Crippen LogP contribution < -0.4 is 15.5 Å². The average molecular weight is 327 g/mol. The Morgan fingerprint density at radius 3 is 2.59 bits per heavy atom. The van der Waals surface area contributed by atoms with Crippen molar-refractivity contribution in [2.45, 2.75) is 0 Å². The fraction of sp³-hybridized carbons (Fsp3) is 0.538. The van der Waals surface area contributed by atoms with Gasteiger partial charge in [-0.2, -0.15) is 4.31 Å². The number of aromatic nitrogens is 1. The molecule has 2 heterocycles. The van der Waals surface area contributed by atoms with Crippen LogP contribution in [-0.2, 0) is 10.0 Å². The second-order valence-corrected chi connectivity index (χ2v) is 6.98. The Labute approximate surface area is 130 Å². The number of hydrogen-bond acceptors (Lipinski definition) is 5. The van der Waals surface area contributed by atoms with E-state index < -0.39 is 10.0 Å². The largest absolute Gasteiger partial charge is 0.354 e. The van der Waals surface area contributed by atoms with Crippen molar-refractivity contribution in [3.05, 3.63) is 24.4 Å². The molecule has 2 amide bonds. The third-order valence-corrected chi connectivity index (χ3v) is 5.35. The van der Waals surface area contributed by atoms with Gasteiger partial charge >= 0.3 is 6.03 Å². The molecular weight excluding hydrogens is 306 g/mol. The summed E-state index contributed by atoms with van der Waals surface area (Å²) < 4.78 is 25.9. The summed E-state index contributed by atoms with van der Waals surface area (Å²) in [6, 6.07) is 5.30. The van der Waals surface area contributed by atoms with E-state index >= 15 is 0 Å². The number of nitrogens with zero attached hydrogens (tertiary/aromatic N) is 3. The Morgan fingerprint density at radius 2 is 2.00 bits per heavy atom. The Bertz CT molecular complexity index is 585. The first kappa shape index (κ1) is 16.5. The Hall–Kier alpha value is -1.87. The molecule has 1 aromatic heterocycles. The van der Waals surface area contributed by atoms with Crippen LogP contribution >= 0.6 is 0 Å². The summed E-state index contributed by atoms with van der Waals surface area (Å²) in [5, 5.41) is 4.87. The SMILES string of the molecule is CNC(=O)NCCS(=O)(=O)N1CCN(c2ccccn2)CC1. The number of pyridine rings is 1. The zero-order valence-corrected chi connectivity index (χ0v) is 13.3. The predicted octanol–water partition coefficient (Wildman–Crippen LogP) is -0.538. The van der Waals surface area contributed by atoms with E-state index in [4.69, 9.17) is 0 Å². The van der Waals surface area contributed by atoms with Crippen molar-refractivity contribution in [1.29, 1.82) is 0 Å². The molecule has 0 bridgehead atoms. The summed E-state index contributed by atoms with van der Waals surface area (Å²) in [6.45, 7) is 2.18. The topological polar surface area (TPSA) is 94.6 Å². The molecule has 0 spiro atoms. The lowest BCUT2D eigenvalue weighted by atomic mass is 10.3. The second-order valence-electron chi connectivity index (χ2n) is 4.90. The van der Waals surface area contributed by atoms with Crippen molar-refractivity contribution in [3.63, 3.8) is 0 Å². The van der Waals surface area contributed by atoms with E-state index in [-0.39, 0.29) is 18.3 Å². The number of sulfonamides is 1. The van der Waals surface area contributed by atoms with Gasteiger partial charge in [0.2, 0.25) is 10.0 Å². The maximum absolute atomic E-state index is 12.2. The van der Waals surface area contributed by atoms with Gasteiger partial charge in [-0.3, -0.25) is 0 Å². The zero-order valence-electron chi connectivity index (χ0n) is 12.5. The molecule has 0 atom stereocenters. The van der Waals surface area contributed by atoms with Gasteiger partial charge in [0.05, 0.1) is 5.75 Å². The maximum Gasteiger partial charge on any atom is 0.314 e. The van der Waals surface area contributed by atoms with Gasteiger partial charge in [0.15, 0.2) is 0 Å². The third kappa shape index (κ3) is 4.31. The van der Waals surface area contributed by atoms with Crippen LogP contribution in [0.2, 0.25) is 0 Å². The summed E-state index contributed by atoms with van der Waals surface area (Å²) in [5.41, 5.74) is 0. The average Bonchev–Trinajstić information content (AvgIpc) is 2.55. The third-order valence-electron chi connectivity index (χ3n) is 3.48. The number of rotatable bonds is 5.